The first kappa shape index (κ1) is 13.2. The van der Waals surface area contributed by atoms with E-state index in [1.165, 1.54) is 0 Å². The van der Waals surface area contributed by atoms with Crippen LogP contribution in [-0.4, -0.2) is 17.2 Å². The quantitative estimate of drug-likeness (QED) is 0.403. The van der Waals surface area contributed by atoms with Crippen molar-refractivity contribution in [1.29, 1.82) is 0 Å². The fourth-order valence-corrected chi connectivity index (χ4v) is 0.973. The third-order valence-electron chi connectivity index (χ3n) is 1.73. The Morgan fingerprint density at radius 3 is 2.61 bits per heavy atom. The lowest BCUT2D eigenvalue weighted by Gasteiger charge is -1.98. The van der Waals surface area contributed by atoms with E-state index in [0.717, 1.165) is 12.4 Å². The number of allylic oxidation sites excluding steroid dienone is 1. The first-order valence-corrected chi connectivity index (χ1v) is 4.84. The van der Waals surface area contributed by atoms with Crippen molar-refractivity contribution in [2.75, 3.05) is 0 Å². The summed E-state index contributed by atoms with van der Waals surface area (Å²) in [5.41, 5.74) is 9.18. The summed E-state index contributed by atoms with van der Waals surface area (Å²) in [6, 6.07) is 7.87. The molecule has 18 heavy (non-hydrogen) atoms. The van der Waals surface area contributed by atoms with Crippen LogP contribution >= 0.6 is 0 Å². The minimum Gasteiger partial charge on any atom is -0.350 e. The number of carbonyl (C=O) groups is 1. The summed E-state index contributed by atoms with van der Waals surface area (Å²) in [4.78, 5) is 24.3. The van der Waals surface area contributed by atoms with Crippen molar-refractivity contribution in [3.05, 3.63) is 52.3 Å². The number of aliphatic imine (C=N–C) groups is 1. The molecule has 0 heterocycles. The van der Waals surface area contributed by atoms with Gasteiger partial charge in [-0.25, -0.2) is 9.79 Å². The third-order valence-corrected chi connectivity index (χ3v) is 1.73. The standard InChI is InChI=1S/C10H11N5O3/c11-10(16)14-13-7-9(15(17)18)6-12-8-4-2-1-3-5-8/h1-7,13H,(H3,11,14,16)/b9-7-,12-6?. The molecule has 8 heteroatoms. The maximum atomic E-state index is 10.7. The SMILES string of the molecule is NC(=O)NN/C=C(/C=Nc1ccccc1)[N+](=O)[O-]. The number of rotatable bonds is 5. The highest BCUT2D eigenvalue weighted by atomic mass is 16.6. The molecule has 0 aromatic heterocycles. The summed E-state index contributed by atoms with van der Waals surface area (Å²) in [5, 5.41) is 10.7. The molecule has 4 N–H and O–H groups in total. The van der Waals surface area contributed by atoms with Crippen LogP contribution in [0.1, 0.15) is 0 Å². The Labute approximate surface area is 102 Å². The van der Waals surface area contributed by atoms with E-state index in [2.05, 4.69) is 10.4 Å². The van der Waals surface area contributed by atoms with Gasteiger partial charge < -0.3 is 5.73 Å². The second-order valence-corrected chi connectivity index (χ2v) is 3.05. The molecule has 1 rings (SSSR count). The fraction of sp³-hybridized carbons (Fsp3) is 0. The van der Waals surface area contributed by atoms with Crippen molar-refractivity contribution in [2.24, 2.45) is 10.7 Å². The lowest BCUT2D eigenvalue weighted by Crippen LogP contribution is -2.38. The number of carbonyl (C=O) groups excluding carboxylic acids is 1. The Balaban J connectivity index is 2.72. The summed E-state index contributed by atoms with van der Waals surface area (Å²) in [6.45, 7) is 0. The molecule has 0 bridgehead atoms. The van der Waals surface area contributed by atoms with E-state index >= 15 is 0 Å². The van der Waals surface area contributed by atoms with Gasteiger partial charge in [-0.2, -0.15) is 0 Å². The largest absolute Gasteiger partial charge is 0.350 e. The Bertz CT molecular complexity index is 484. The minimum absolute atomic E-state index is 0.326. The molecule has 0 aliphatic rings. The Hall–Kier alpha value is -2.90. The number of hydrazine groups is 1. The summed E-state index contributed by atoms with van der Waals surface area (Å²) >= 11 is 0. The monoisotopic (exact) mass is 249 g/mol. The number of benzene rings is 1. The zero-order chi connectivity index (χ0) is 13.4. The van der Waals surface area contributed by atoms with Crippen molar-refractivity contribution >= 4 is 17.9 Å². The molecule has 8 nitrogen and oxygen atoms in total. The first-order valence-electron chi connectivity index (χ1n) is 4.84. The zero-order valence-corrected chi connectivity index (χ0v) is 9.24. The lowest BCUT2D eigenvalue weighted by atomic mass is 10.3. The maximum absolute atomic E-state index is 10.7. The molecule has 0 radical (unpaired) electrons. The summed E-state index contributed by atoms with van der Waals surface area (Å²) in [5.74, 6) is 0. The highest BCUT2D eigenvalue weighted by molar-refractivity contribution is 5.78. The van der Waals surface area contributed by atoms with E-state index in [4.69, 9.17) is 5.73 Å². The average molecular weight is 249 g/mol. The highest BCUT2D eigenvalue weighted by Gasteiger charge is 2.06. The summed E-state index contributed by atoms with van der Waals surface area (Å²) in [7, 11) is 0. The normalized spacial score (nSPS) is 11.2. The molecule has 94 valence electrons. The molecule has 2 amide bonds. The first-order chi connectivity index (χ1) is 8.59. The van der Waals surface area contributed by atoms with Crippen LogP contribution in [0.15, 0.2) is 47.2 Å². The molecule has 0 unspecified atom stereocenters. The smallest absolute Gasteiger partial charge is 0.330 e. The van der Waals surface area contributed by atoms with Gasteiger partial charge in [0.2, 0.25) is 0 Å². The van der Waals surface area contributed by atoms with Crippen LogP contribution in [0, 0.1) is 10.1 Å². The maximum Gasteiger partial charge on any atom is 0.330 e. The molecular formula is C10H11N5O3. The molecule has 0 saturated heterocycles. The van der Waals surface area contributed by atoms with Crippen LogP contribution in [0.5, 0.6) is 0 Å². The second-order valence-electron chi connectivity index (χ2n) is 3.05. The number of nitrogens with two attached hydrogens (primary N) is 1. The number of hydrogen-bond donors (Lipinski definition) is 3. The molecular weight excluding hydrogens is 238 g/mol. The van der Waals surface area contributed by atoms with E-state index < -0.39 is 11.0 Å². The zero-order valence-electron chi connectivity index (χ0n) is 9.24. The lowest BCUT2D eigenvalue weighted by molar-refractivity contribution is -0.414. The predicted octanol–water partition coefficient (Wildman–Crippen LogP) is 0.680. The van der Waals surface area contributed by atoms with Gasteiger partial charge in [0.15, 0.2) is 0 Å². The van der Waals surface area contributed by atoms with Gasteiger partial charge in [0, 0.05) is 0 Å². The number of nitrogens with zero attached hydrogens (tertiary/aromatic N) is 2. The fourth-order valence-electron chi connectivity index (χ4n) is 0.973. The Morgan fingerprint density at radius 2 is 2.06 bits per heavy atom. The van der Waals surface area contributed by atoms with Crippen LogP contribution in [0.4, 0.5) is 10.5 Å². The van der Waals surface area contributed by atoms with Crippen molar-refractivity contribution in [3.63, 3.8) is 0 Å². The number of hydrogen-bond acceptors (Lipinski definition) is 5. The molecule has 0 aliphatic heterocycles. The van der Waals surface area contributed by atoms with Gasteiger partial charge in [0.1, 0.15) is 6.21 Å². The van der Waals surface area contributed by atoms with Crippen molar-refractivity contribution < 1.29 is 9.72 Å². The Morgan fingerprint density at radius 1 is 1.39 bits per heavy atom. The van der Waals surface area contributed by atoms with Gasteiger partial charge in [0.05, 0.1) is 16.8 Å². The van der Waals surface area contributed by atoms with Crippen LogP contribution in [0.25, 0.3) is 0 Å². The number of amides is 2. The summed E-state index contributed by atoms with van der Waals surface area (Å²) < 4.78 is 0. The number of primary amides is 1. The van der Waals surface area contributed by atoms with Crippen LogP contribution in [0.2, 0.25) is 0 Å². The molecule has 1 aromatic rings. The van der Waals surface area contributed by atoms with Crippen LogP contribution in [-0.2, 0) is 0 Å². The number of urea groups is 1. The van der Waals surface area contributed by atoms with Crippen molar-refractivity contribution in [2.45, 2.75) is 0 Å². The van der Waals surface area contributed by atoms with Crippen molar-refractivity contribution in [1.82, 2.24) is 10.9 Å². The van der Waals surface area contributed by atoms with Gasteiger partial charge in [-0.1, -0.05) is 18.2 Å². The molecule has 0 saturated carbocycles. The minimum atomic E-state index is -0.853. The van der Waals surface area contributed by atoms with Crippen molar-refractivity contribution in [3.8, 4) is 0 Å². The van der Waals surface area contributed by atoms with Gasteiger partial charge in [-0.3, -0.25) is 21.0 Å². The summed E-state index contributed by atoms with van der Waals surface area (Å²) in [6.07, 6.45) is 2.03. The van der Waals surface area contributed by atoms with E-state index in [1.54, 1.807) is 24.3 Å². The molecule has 0 aliphatic carbocycles. The third kappa shape index (κ3) is 4.75. The molecule has 1 aromatic carbocycles. The van der Waals surface area contributed by atoms with E-state index in [1.807, 2.05) is 11.5 Å². The topological polar surface area (TPSA) is 123 Å². The van der Waals surface area contributed by atoms with E-state index in [9.17, 15) is 14.9 Å². The van der Waals surface area contributed by atoms with Crippen LogP contribution < -0.4 is 16.6 Å². The molecule has 0 spiro atoms. The van der Waals surface area contributed by atoms with Gasteiger partial charge in [-0.05, 0) is 12.1 Å². The second kappa shape index (κ2) is 6.63. The highest BCUT2D eigenvalue weighted by Crippen LogP contribution is 2.09. The van der Waals surface area contributed by atoms with E-state index in [-0.39, 0.29) is 5.70 Å². The number of nitrogens with one attached hydrogen (secondary N) is 2. The molecule has 0 fully saturated rings. The Kier molecular flexibility index (Phi) is 4.85. The van der Waals surface area contributed by atoms with Gasteiger partial charge >= 0.3 is 11.7 Å². The molecule has 0 atom stereocenters. The average Bonchev–Trinajstić information content (AvgIpc) is 2.34. The van der Waals surface area contributed by atoms with Gasteiger partial charge in [0.25, 0.3) is 0 Å². The number of nitro groups is 1. The van der Waals surface area contributed by atoms with Gasteiger partial charge in [-0.15, -0.1) is 0 Å². The van der Waals surface area contributed by atoms with E-state index in [0.29, 0.717) is 5.69 Å². The van der Waals surface area contributed by atoms with Crippen LogP contribution in [0.3, 0.4) is 0 Å². The predicted molar refractivity (Wildman–Crippen MR) is 65.5 cm³/mol. The number of para-hydroxylation sites is 1.